The van der Waals surface area contributed by atoms with Crippen molar-refractivity contribution in [2.24, 2.45) is 7.05 Å². The first-order chi connectivity index (χ1) is 8.13. The van der Waals surface area contributed by atoms with E-state index in [-0.39, 0.29) is 6.04 Å². The molecule has 0 fully saturated rings. The summed E-state index contributed by atoms with van der Waals surface area (Å²) >= 11 is 5.85. The average molecular weight is 407 g/mol. The third kappa shape index (κ3) is 2.69. The van der Waals surface area contributed by atoms with Gasteiger partial charge in [-0.3, -0.25) is 4.68 Å². The van der Waals surface area contributed by atoms with Crippen LogP contribution in [0.3, 0.4) is 0 Å². The lowest BCUT2D eigenvalue weighted by molar-refractivity contribution is 0.596. The number of aromatic nitrogens is 3. The average Bonchev–Trinajstić information content (AvgIpc) is 2.71. The topological polar surface area (TPSA) is 42.7 Å². The molecule has 4 nitrogen and oxygen atoms in total. The molecule has 1 aromatic heterocycles. The Labute approximate surface area is 122 Å². The van der Waals surface area contributed by atoms with Gasteiger partial charge in [-0.25, -0.2) is 0 Å². The fourth-order valence-corrected chi connectivity index (χ4v) is 2.78. The number of nitrogens with one attached hydrogen (secondary N) is 1. The normalized spacial score (nSPS) is 12.7. The second-order valence-corrected chi connectivity index (χ2v) is 5.75. The smallest absolute Gasteiger partial charge is 0.0798 e. The van der Waals surface area contributed by atoms with E-state index in [4.69, 9.17) is 0 Å². The van der Waals surface area contributed by atoms with Crippen LogP contribution in [0.2, 0.25) is 0 Å². The molecule has 0 spiro atoms. The maximum Gasteiger partial charge on any atom is 0.0798 e. The van der Waals surface area contributed by atoms with Crippen LogP contribution in [0.1, 0.15) is 17.3 Å². The van der Waals surface area contributed by atoms with Crippen LogP contribution in [0.5, 0.6) is 0 Å². The molecule has 0 saturated heterocycles. The minimum atomic E-state index is 0.0967. The van der Waals surface area contributed by atoms with E-state index in [1.807, 2.05) is 20.2 Å². The molecule has 90 valence electrons. The number of benzene rings is 1. The first-order valence-electron chi connectivity index (χ1n) is 5.10. The van der Waals surface area contributed by atoms with Gasteiger partial charge >= 0.3 is 0 Å². The Morgan fingerprint density at radius 3 is 2.82 bits per heavy atom. The molecule has 1 atom stereocenters. The van der Waals surface area contributed by atoms with E-state index in [1.54, 1.807) is 10.9 Å². The highest BCUT2D eigenvalue weighted by atomic mass is 127. The van der Waals surface area contributed by atoms with Gasteiger partial charge in [-0.2, -0.15) is 0 Å². The quantitative estimate of drug-likeness (QED) is 0.796. The van der Waals surface area contributed by atoms with Crippen LogP contribution >= 0.6 is 38.5 Å². The second kappa shape index (κ2) is 5.45. The number of aryl methyl sites for hydroxylation is 1. The summed E-state index contributed by atoms with van der Waals surface area (Å²) in [5.41, 5.74) is 2.26. The van der Waals surface area contributed by atoms with E-state index in [9.17, 15) is 0 Å². The van der Waals surface area contributed by atoms with Crippen molar-refractivity contribution in [2.75, 3.05) is 7.05 Å². The first-order valence-corrected chi connectivity index (χ1v) is 6.97. The molecule has 2 rings (SSSR count). The predicted molar refractivity (Wildman–Crippen MR) is 78.8 cm³/mol. The van der Waals surface area contributed by atoms with Crippen molar-refractivity contribution < 1.29 is 0 Å². The van der Waals surface area contributed by atoms with Gasteiger partial charge in [0.15, 0.2) is 0 Å². The zero-order chi connectivity index (χ0) is 12.4. The standard InChI is InChI=1S/C11H12BrIN4/c1-14-11(10-6-15-16-17(10)2)8-5-7(12)3-4-9(8)13/h3-6,11,14H,1-2H3. The lowest BCUT2D eigenvalue weighted by atomic mass is 10.0. The molecule has 17 heavy (non-hydrogen) atoms. The minimum absolute atomic E-state index is 0.0967. The summed E-state index contributed by atoms with van der Waals surface area (Å²) in [6.45, 7) is 0. The van der Waals surface area contributed by atoms with Gasteiger partial charge in [-0.15, -0.1) is 5.10 Å². The van der Waals surface area contributed by atoms with Gasteiger partial charge in [-0.1, -0.05) is 21.1 Å². The third-order valence-corrected chi connectivity index (χ3v) is 4.08. The highest BCUT2D eigenvalue weighted by Crippen LogP contribution is 2.27. The van der Waals surface area contributed by atoms with E-state index in [0.29, 0.717) is 0 Å². The molecular formula is C11H12BrIN4. The summed E-state index contributed by atoms with van der Waals surface area (Å²) in [6, 6.07) is 6.35. The van der Waals surface area contributed by atoms with Crippen LogP contribution < -0.4 is 5.32 Å². The Hall–Kier alpha value is -0.470. The molecule has 1 heterocycles. The van der Waals surface area contributed by atoms with Gasteiger partial charge in [0, 0.05) is 15.1 Å². The van der Waals surface area contributed by atoms with Crippen LogP contribution in [0.4, 0.5) is 0 Å². The molecule has 1 aromatic carbocycles. The van der Waals surface area contributed by atoms with E-state index in [0.717, 1.165) is 10.2 Å². The summed E-state index contributed by atoms with van der Waals surface area (Å²) in [5, 5.41) is 11.2. The molecule has 2 aromatic rings. The Morgan fingerprint density at radius 2 is 2.24 bits per heavy atom. The molecular weight excluding hydrogens is 395 g/mol. The number of halogens is 2. The molecule has 0 aliphatic rings. The van der Waals surface area contributed by atoms with Crippen molar-refractivity contribution in [3.8, 4) is 0 Å². The first kappa shape index (κ1) is 13.0. The molecule has 0 radical (unpaired) electrons. The predicted octanol–water partition coefficient (Wildman–Crippen LogP) is 2.49. The van der Waals surface area contributed by atoms with Gasteiger partial charge in [0.05, 0.1) is 17.9 Å². The summed E-state index contributed by atoms with van der Waals surface area (Å²) in [7, 11) is 3.84. The summed E-state index contributed by atoms with van der Waals surface area (Å²) < 4.78 is 4.08. The van der Waals surface area contributed by atoms with E-state index in [1.165, 1.54) is 9.13 Å². The molecule has 0 bridgehead atoms. The number of nitrogens with zero attached hydrogens (tertiary/aromatic N) is 3. The second-order valence-electron chi connectivity index (χ2n) is 3.67. The van der Waals surface area contributed by atoms with Gasteiger partial charge in [0.25, 0.3) is 0 Å². The Kier molecular flexibility index (Phi) is 4.16. The van der Waals surface area contributed by atoms with Crippen molar-refractivity contribution in [2.45, 2.75) is 6.04 Å². The fraction of sp³-hybridized carbons (Fsp3) is 0.273. The Morgan fingerprint density at radius 1 is 1.47 bits per heavy atom. The molecule has 0 aliphatic heterocycles. The maximum absolute atomic E-state index is 3.98. The molecule has 1 unspecified atom stereocenters. The number of hydrogen-bond donors (Lipinski definition) is 1. The van der Waals surface area contributed by atoms with Crippen LogP contribution in [-0.2, 0) is 7.05 Å². The van der Waals surface area contributed by atoms with Crippen molar-refractivity contribution in [3.05, 3.63) is 43.7 Å². The summed E-state index contributed by atoms with van der Waals surface area (Å²) in [4.78, 5) is 0. The van der Waals surface area contributed by atoms with Gasteiger partial charge in [0.2, 0.25) is 0 Å². The SMILES string of the molecule is CNC(c1cc(Br)ccc1I)c1cnnn1C. The largest absolute Gasteiger partial charge is 0.308 e. The van der Waals surface area contributed by atoms with Gasteiger partial charge in [-0.05, 0) is 53.4 Å². The lowest BCUT2D eigenvalue weighted by Gasteiger charge is -2.18. The van der Waals surface area contributed by atoms with Crippen LogP contribution in [0.15, 0.2) is 28.9 Å². The van der Waals surface area contributed by atoms with Crippen LogP contribution in [0, 0.1) is 3.57 Å². The Bertz CT molecular complexity index is 526. The Balaban J connectivity index is 2.49. The highest BCUT2D eigenvalue weighted by Gasteiger charge is 2.18. The van der Waals surface area contributed by atoms with Crippen LogP contribution in [0.25, 0.3) is 0 Å². The van der Waals surface area contributed by atoms with E-state index >= 15 is 0 Å². The molecule has 6 heteroatoms. The summed E-state index contributed by atoms with van der Waals surface area (Å²) in [5.74, 6) is 0. The lowest BCUT2D eigenvalue weighted by Crippen LogP contribution is -2.21. The maximum atomic E-state index is 3.98. The zero-order valence-corrected chi connectivity index (χ0v) is 13.2. The monoisotopic (exact) mass is 406 g/mol. The van der Waals surface area contributed by atoms with Gasteiger partial charge < -0.3 is 5.32 Å². The van der Waals surface area contributed by atoms with E-state index < -0.39 is 0 Å². The van der Waals surface area contributed by atoms with Crippen LogP contribution in [-0.4, -0.2) is 22.0 Å². The van der Waals surface area contributed by atoms with Crippen molar-refractivity contribution in [3.63, 3.8) is 0 Å². The molecule has 0 amide bonds. The van der Waals surface area contributed by atoms with Crippen molar-refractivity contribution in [1.29, 1.82) is 0 Å². The molecule has 1 N–H and O–H groups in total. The number of hydrogen-bond acceptors (Lipinski definition) is 3. The highest BCUT2D eigenvalue weighted by molar-refractivity contribution is 14.1. The summed E-state index contributed by atoms with van der Waals surface area (Å²) in [6.07, 6.45) is 1.79. The minimum Gasteiger partial charge on any atom is -0.308 e. The van der Waals surface area contributed by atoms with E-state index in [2.05, 4.69) is 66.3 Å². The fourth-order valence-electron chi connectivity index (χ4n) is 1.76. The molecule has 0 aliphatic carbocycles. The molecule has 0 saturated carbocycles. The third-order valence-electron chi connectivity index (χ3n) is 2.60. The van der Waals surface area contributed by atoms with Gasteiger partial charge in [0.1, 0.15) is 0 Å². The van der Waals surface area contributed by atoms with Crippen molar-refractivity contribution >= 4 is 38.5 Å². The van der Waals surface area contributed by atoms with Crippen molar-refractivity contribution in [1.82, 2.24) is 20.3 Å². The number of rotatable bonds is 3. The zero-order valence-electron chi connectivity index (χ0n) is 9.48.